The van der Waals surface area contributed by atoms with Gasteiger partial charge in [-0.05, 0) is 38.1 Å². The van der Waals surface area contributed by atoms with E-state index in [1.165, 1.54) is 0 Å². The van der Waals surface area contributed by atoms with E-state index in [4.69, 9.17) is 30.9 Å². The zero-order chi connectivity index (χ0) is 20.2. The summed E-state index contributed by atoms with van der Waals surface area (Å²) in [7, 11) is 1.68. The number of benzene rings is 2. The summed E-state index contributed by atoms with van der Waals surface area (Å²) in [5.74, 6) is 0.159. The smallest absolute Gasteiger partial charge is 0.178 e. The highest BCUT2D eigenvalue weighted by molar-refractivity contribution is 6.30. The Morgan fingerprint density at radius 2 is 1.72 bits per heavy atom. The quantitative estimate of drug-likeness (QED) is 0.621. The summed E-state index contributed by atoms with van der Waals surface area (Å²) in [4.78, 5) is 0. The molecule has 2 aliphatic rings. The van der Waals surface area contributed by atoms with E-state index in [0.717, 1.165) is 34.0 Å². The fourth-order valence-corrected chi connectivity index (χ4v) is 4.48. The van der Waals surface area contributed by atoms with Gasteiger partial charge in [0.05, 0.1) is 30.7 Å². The summed E-state index contributed by atoms with van der Waals surface area (Å²) in [6.07, 6.45) is 1.45. The Hall–Kier alpha value is -2.34. The molecule has 1 saturated heterocycles. The van der Waals surface area contributed by atoms with Crippen LogP contribution in [-0.4, -0.2) is 34.9 Å². The Labute approximate surface area is 175 Å². The van der Waals surface area contributed by atoms with Gasteiger partial charge in [0.1, 0.15) is 11.4 Å². The van der Waals surface area contributed by atoms with E-state index in [0.29, 0.717) is 17.9 Å². The van der Waals surface area contributed by atoms with Crippen molar-refractivity contribution in [1.29, 1.82) is 0 Å². The summed E-state index contributed by atoms with van der Waals surface area (Å²) >= 11 is 6.14. The van der Waals surface area contributed by atoms with Crippen LogP contribution in [0.5, 0.6) is 5.75 Å². The molecule has 29 heavy (non-hydrogen) atoms. The molecule has 0 N–H and O–H groups in total. The van der Waals surface area contributed by atoms with E-state index < -0.39 is 5.79 Å². The third-order valence-corrected chi connectivity index (χ3v) is 6.09. The summed E-state index contributed by atoms with van der Waals surface area (Å²) in [5.41, 5.74) is 5.13. The number of ether oxygens (including phenoxy) is 3. The molecule has 1 fully saturated rings. The second-order valence-corrected chi connectivity index (χ2v) is 8.21. The van der Waals surface area contributed by atoms with E-state index in [-0.39, 0.29) is 12.2 Å². The van der Waals surface area contributed by atoms with Crippen LogP contribution < -0.4 is 4.74 Å². The lowest BCUT2D eigenvalue weighted by Crippen LogP contribution is -2.32. The van der Waals surface area contributed by atoms with Gasteiger partial charge in [0.25, 0.3) is 0 Å². The van der Waals surface area contributed by atoms with Gasteiger partial charge < -0.3 is 14.2 Å². The van der Waals surface area contributed by atoms with Gasteiger partial charge in [0, 0.05) is 29.0 Å². The number of para-hydroxylation sites is 2. The third-order valence-electron chi connectivity index (χ3n) is 5.84. The van der Waals surface area contributed by atoms with E-state index in [9.17, 15) is 0 Å². The van der Waals surface area contributed by atoms with Crippen LogP contribution in [0, 0.1) is 0 Å². The third kappa shape index (κ3) is 3.05. The first-order valence-electron chi connectivity index (χ1n) is 9.85. The SMILES string of the molecule is COc1ccccc1-n1nc2c(c1-c1ccc(Cl)cc1)CC1(C2)O[C@@H](C)[C@@H](C)O1. The van der Waals surface area contributed by atoms with Gasteiger partial charge in [0.2, 0.25) is 0 Å². The molecule has 1 aliphatic heterocycles. The molecule has 1 aromatic heterocycles. The largest absolute Gasteiger partial charge is 0.494 e. The maximum atomic E-state index is 6.25. The Bertz CT molecular complexity index is 1050. The normalized spacial score (nSPS) is 25.5. The first-order valence-corrected chi connectivity index (χ1v) is 10.2. The highest BCUT2D eigenvalue weighted by Gasteiger charge is 2.50. The average Bonchev–Trinajstić information content (AvgIpc) is 3.32. The minimum atomic E-state index is -0.614. The van der Waals surface area contributed by atoms with Crippen LogP contribution >= 0.6 is 11.6 Å². The van der Waals surface area contributed by atoms with Crippen LogP contribution in [0.2, 0.25) is 5.02 Å². The fourth-order valence-electron chi connectivity index (χ4n) is 4.36. The fraction of sp³-hybridized carbons (Fsp3) is 0.348. The van der Waals surface area contributed by atoms with Crippen molar-refractivity contribution in [3.05, 3.63) is 64.8 Å². The molecule has 1 unspecified atom stereocenters. The number of rotatable bonds is 3. The maximum absolute atomic E-state index is 6.25. The highest BCUT2D eigenvalue weighted by Crippen LogP contribution is 2.45. The molecule has 0 bridgehead atoms. The zero-order valence-corrected chi connectivity index (χ0v) is 17.4. The van der Waals surface area contributed by atoms with Crippen molar-refractivity contribution in [2.75, 3.05) is 7.11 Å². The monoisotopic (exact) mass is 410 g/mol. The lowest BCUT2D eigenvalue weighted by molar-refractivity contribution is -0.164. The predicted octanol–water partition coefficient (Wildman–Crippen LogP) is 4.82. The molecule has 150 valence electrons. The Kier molecular flexibility index (Phi) is 4.42. The van der Waals surface area contributed by atoms with Crippen molar-refractivity contribution in [3.8, 4) is 22.7 Å². The van der Waals surface area contributed by atoms with Crippen molar-refractivity contribution in [2.45, 2.75) is 44.7 Å². The van der Waals surface area contributed by atoms with Crippen LogP contribution in [0.15, 0.2) is 48.5 Å². The zero-order valence-electron chi connectivity index (χ0n) is 16.7. The van der Waals surface area contributed by atoms with Gasteiger partial charge in [-0.2, -0.15) is 5.10 Å². The van der Waals surface area contributed by atoms with E-state index in [1.54, 1.807) is 7.11 Å². The highest BCUT2D eigenvalue weighted by atomic mass is 35.5. The lowest BCUT2D eigenvalue weighted by Gasteiger charge is -2.23. The minimum Gasteiger partial charge on any atom is -0.494 e. The molecule has 0 saturated carbocycles. The molecular weight excluding hydrogens is 388 g/mol. The van der Waals surface area contributed by atoms with E-state index in [1.807, 2.05) is 53.2 Å². The molecule has 3 atom stereocenters. The number of fused-ring (bicyclic) bond motifs is 1. The van der Waals surface area contributed by atoms with Crippen LogP contribution in [0.1, 0.15) is 25.1 Å². The first kappa shape index (κ1) is 18.7. The Morgan fingerprint density at radius 3 is 2.41 bits per heavy atom. The summed E-state index contributed by atoms with van der Waals surface area (Å²) in [5, 5.41) is 5.69. The van der Waals surface area contributed by atoms with Crippen molar-refractivity contribution in [2.24, 2.45) is 0 Å². The van der Waals surface area contributed by atoms with Crippen LogP contribution in [0.4, 0.5) is 0 Å². The predicted molar refractivity (Wildman–Crippen MR) is 112 cm³/mol. The topological polar surface area (TPSA) is 45.5 Å². The second kappa shape index (κ2) is 6.87. The standard InChI is InChI=1S/C23H23ClN2O3/c1-14-15(2)29-23(28-14)12-18-19(13-23)25-26(20-6-4-5-7-21(20)27-3)22(18)16-8-10-17(24)11-9-16/h4-11,14-15H,12-13H2,1-3H3/t14-,15+,23?. The molecule has 2 heterocycles. The van der Waals surface area contributed by atoms with Gasteiger partial charge in [-0.3, -0.25) is 0 Å². The van der Waals surface area contributed by atoms with Crippen molar-refractivity contribution in [1.82, 2.24) is 9.78 Å². The van der Waals surface area contributed by atoms with Crippen molar-refractivity contribution in [3.63, 3.8) is 0 Å². The molecule has 5 nitrogen and oxygen atoms in total. The number of methoxy groups -OCH3 is 1. The summed E-state index contributed by atoms with van der Waals surface area (Å²) in [6, 6.07) is 15.8. The van der Waals surface area contributed by atoms with Gasteiger partial charge in [0.15, 0.2) is 5.79 Å². The molecule has 2 aromatic carbocycles. The number of nitrogens with zero attached hydrogens (tertiary/aromatic N) is 2. The number of hydrogen-bond acceptors (Lipinski definition) is 4. The Balaban J connectivity index is 1.66. The van der Waals surface area contributed by atoms with Crippen LogP contribution in [-0.2, 0) is 22.3 Å². The molecule has 6 heteroatoms. The number of hydrogen-bond donors (Lipinski definition) is 0. The minimum absolute atomic E-state index is 0.0688. The van der Waals surface area contributed by atoms with Crippen LogP contribution in [0.25, 0.3) is 16.9 Å². The van der Waals surface area contributed by atoms with Crippen LogP contribution in [0.3, 0.4) is 0 Å². The second-order valence-electron chi connectivity index (χ2n) is 7.77. The van der Waals surface area contributed by atoms with Crippen molar-refractivity contribution < 1.29 is 14.2 Å². The van der Waals surface area contributed by atoms with Gasteiger partial charge in [-0.25, -0.2) is 4.68 Å². The molecule has 3 aromatic rings. The molecule has 1 spiro atoms. The van der Waals surface area contributed by atoms with Gasteiger partial charge in [-0.15, -0.1) is 0 Å². The maximum Gasteiger partial charge on any atom is 0.178 e. The molecular formula is C23H23ClN2O3. The number of halogens is 1. The van der Waals surface area contributed by atoms with E-state index >= 15 is 0 Å². The number of aromatic nitrogens is 2. The average molecular weight is 411 g/mol. The lowest BCUT2D eigenvalue weighted by atomic mass is 10.1. The van der Waals surface area contributed by atoms with Crippen molar-refractivity contribution >= 4 is 11.6 Å². The summed E-state index contributed by atoms with van der Waals surface area (Å²) < 4.78 is 20.1. The van der Waals surface area contributed by atoms with E-state index in [2.05, 4.69) is 13.8 Å². The Morgan fingerprint density at radius 1 is 1.03 bits per heavy atom. The molecule has 5 rings (SSSR count). The molecule has 0 radical (unpaired) electrons. The summed E-state index contributed by atoms with van der Waals surface area (Å²) in [6.45, 7) is 4.12. The molecule has 0 amide bonds. The van der Waals surface area contributed by atoms with Gasteiger partial charge >= 0.3 is 0 Å². The van der Waals surface area contributed by atoms with Gasteiger partial charge in [-0.1, -0.05) is 35.9 Å². The first-order chi connectivity index (χ1) is 14.0. The molecule has 1 aliphatic carbocycles.